The van der Waals surface area contributed by atoms with Crippen molar-refractivity contribution in [1.82, 2.24) is 20.3 Å². The second-order valence-corrected chi connectivity index (χ2v) is 7.72. The van der Waals surface area contributed by atoms with E-state index in [9.17, 15) is 0 Å². The Bertz CT molecular complexity index is 600. The summed E-state index contributed by atoms with van der Waals surface area (Å²) >= 11 is 1.78. The van der Waals surface area contributed by atoms with Crippen LogP contribution < -0.4 is 5.32 Å². The number of fused-ring (bicyclic) bond motifs is 1. The summed E-state index contributed by atoms with van der Waals surface area (Å²) in [6, 6.07) is 0. The quantitative estimate of drug-likeness (QED) is 0.944. The molecule has 1 unspecified atom stereocenters. The maximum absolute atomic E-state index is 4.88. The molecule has 0 spiro atoms. The summed E-state index contributed by atoms with van der Waals surface area (Å²) in [6.07, 6.45) is 8.86. The van der Waals surface area contributed by atoms with E-state index in [0.717, 1.165) is 23.7 Å². The lowest BCUT2D eigenvalue weighted by Gasteiger charge is -2.27. The van der Waals surface area contributed by atoms with Crippen LogP contribution in [0.3, 0.4) is 0 Å². The molecule has 112 valence electrons. The van der Waals surface area contributed by atoms with Crippen LogP contribution in [-0.4, -0.2) is 27.0 Å². The summed E-state index contributed by atoms with van der Waals surface area (Å²) in [7, 11) is 0. The van der Waals surface area contributed by atoms with E-state index in [1.165, 1.54) is 23.4 Å². The summed E-state index contributed by atoms with van der Waals surface area (Å²) in [5.41, 5.74) is 2.32. The van der Waals surface area contributed by atoms with Crippen molar-refractivity contribution < 1.29 is 0 Å². The van der Waals surface area contributed by atoms with Crippen molar-refractivity contribution in [3.63, 3.8) is 0 Å². The van der Waals surface area contributed by atoms with Gasteiger partial charge in [-0.25, -0.2) is 4.98 Å². The minimum Gasteiger partial charge on any atom is -0.311 e. The highest BCUT2D eigenvalue weighted by Crippen LogP contribution is 2.37. The fourth-order valence-electron chi connectivity index (χ4n) is 2.65. The van der Waals surface area contributed by atoms with Gasteiger partial charge in [0, 0.05) is 35.3 Å². The molecule has 0 saturated heterocycles. The van der Waals surface area contributed by atoms with Gasteiger partial charge in [-0.1, -0.05) is 0 Å². The maximum atomic E-state index is 4.88. The molecule has 0 aliphatic heterocycles. The lowest BCUT2D eigenvalue weighted by atomic mass is 9.90. The Morgan fingerprint density at radius 3 is 2.90 bits per heavy atom. The van der Waals surface area contributed by atoms with Gasteiger partial charge in [-0.15, -0.1) is 11.3 Å². The van der Waals surface area contributed by atoms with Gasteiger partial charge in [-0.3, -0.25) is 9.97 Å². The van der Waals surface area contributed by atoms with E-state index >= 15 is 0 Å². The Kier molecular flexibility index (Phi) is 4.04. The van der Waals surface area contributed by atoms with Gasteiger partial charge in [-0.05, 0) is 40.0 Å². The third kappa shape index (κ3) is 3.47. The molecule has 1 N–H and O–H groups in total. The second-order valence-electron chi connectivity index (χ2n) is 6.64. The van der Waals surface area contributed by atoms with Gasteiger partial charge in [0.15, 0.2) is 0 Å². The molecule has 1 aliphatic rings. The monoisotopic (exact) mass is 302 g/mol. The number of thiazole rings is 1. The van der Waals surface area contributed by atoms with Gasteiger partial charge in [0.25, 0.3) is 0 Å². The average molecular weight is 302 g/mol. The van der Waals surface area contributed by atoms with Crippen molar-refractivity contribution in [1.29, 1.82) is 0 Å². The molecule has 0 aromatic carbocycles. The topological polar surface area (TPSA) is 50.7 Å². The Morgan fingerprint density at radius 1 is 1.33 bits per heavy atom. The van der Waals surface area contributed by atoms with Crippen molar-refractivity contribution in [2.45, 2.75) is 51.5 Å². The van der Waals surface area contributed by atoms with Crippen molar-refractivity contribution in [3.05, 3.63) is 29.2 Å². The lowest BCUT2D eigenvalue weighted by Crippen LogP contribution is -2.39. The molecule has 2 aromatic rings. The zero-order valence-electron chi connectivity index (χ0n) is 12.9. The Balaban J connectivity index is 1.83. The summed E-state index contributed by atoms with van der Waals surface area (Å²) in [6.45, 7) is 7.63. The predicted molar refractivity (Wildman–Crippen MR) is 86.6 cm³/mol. The first-order valence-corrected chi connectivity index (χ1v) is 8.35. The highest BCUT2D eigenvalue weighted by Gasteiger charge is 2.26. The highest BCUT2D eigenvalue weighted by atomic mass is 32.1. The minimum absolute atomic E-state index is 0.154. The first-order valence-electron chi connectivity index (χ1n) is 7.54. The van der Waals surface area contributed by atoms with E-state index in [-0.39, 0.29) is 5.54 Å². The minimum atomic E-state index is 0.154. The molecule has 0 amide bonds. The molecule has 2 heterocycles. The molecule has 2 aromatic heterocycles. The molecule has 3 rings (SSSR count). The van der Waals surface area contributed by atoms with Gasteiger partial charge in [0.05, 0.1) is 11.9 Å². The normalized spacial score (nSPS) is 18.5. The number of aryl methyl sites for hydroxylation is 1. The van der Waals surface area contributed by atoms with Gasteiger partial charge >= 0.3 is 0 Å². The first kappa shape index (κ1) is 14.6. The maximum Gasteiger partial charge on any atom is 0.143 e. The first-order chi connectivity index (χ1) is 10.0. The number of hydrogen-bond acceptors (Lipinski definition) is 5. The van der Waals surface area contributed by atoms with E-state index in [1.807, 2.05) is 0 Å². The molecule has 0 saturated carbocycles. The molecule has 1 aliphatic carbocycles. The van der Waals surface area contributed by atoms with Crippen LogP contribution in [0.1, 0.15) is 50.1 Å². The summed E-state index contributed by atoms with van der Waals surface area (Å²) in [4.78, 5) is 14.8. The highest BCUT2D eigenvalue weighted by molar-refractivity contribution is 7.15. The fourth-order valence-corrected chi connectivity index (χ4v) is 3.81. The Hall–Kier alpha value is -1.33. The van der Waals surface area contributed by atoms with E-state index in [2.05, 4.69) is 36.1 Å². The lowest BCUT2D eigenvalue weighted by molar-refractivity contribution is 0.388. The molecule has 0 radical (unpaired) electrons. The van der Waals surface area contributed by atoms with Crippen molar-refractivity contribution in [2.24, 2.45) is 0 Å². The molecular formula is C16H22N4S. The summed E-state index contributed by atoms with van der Waals surface area (Å²) in [5, 5.41) is 4.63. The third-order valence-electron chi connectivity index (χ3n) is 3.73. The van der Waals surface area contributed by atoms with Gasteiger partial charge in [-0.2, -0.15) is 0 Å². The zero-order valence-corrected chi connectivity index (χ0v) is 13.7. The molecule has 1 atom stereocenters. The van der Waals surface area contributed by atoms with Crippen molar-refractivity contribution >= 4 is 11.3 Å². The number of nitrogens with zero attached hydrogens (tertiary/aromatic N) is 3. The van der Waals surface area contributed by atoms with E-state index < -0.39 is 0 Å². The average Bonchev–Trinajstić information content (AvgIpc) is 2.89. The fraction of sp³-hybridized carbons (Fsp3) is 0.562. The van der Waals surface area contributed by atoms with Crippen molar-refractivity contribution in [2.75, 3.05) is 6.54 Å². The smallest absolute Gasteiger partial charge is 0.143 e. The molecule has 0 fully saturated rings. The van der Waals surface area contributed by atoms with Crippen molar-refractivity contribution in [3.8, 4) is 10.7 Å². The van der Waals surface area contributed by atoms with E-state index in [0.29, 0.717) is 5.92 Å². The molecule has 5 heteroatoms. The van der Waals surface area contributed by atoms with Crippen LogP contribution >= 0.6 is 11.3 Å². The van der Waals surface area contributed by atoms with E-state index in [4.69, 9.17) is 4.98 Å². The SMILES string of the molecule is CC(C)(C)NCC1CCCc2sc(-c3cnccn3)nc21. The van der Waals surface area contributed by atoms with Crippen LogP contribution in [0.25, 0.3) is 10.7 Å². The van der Waals surface area contributed by atoms with Crippen LogP contribution in [0.5, 0.6) is 0 Å². The molecule has 4 nitrogen and oxygen atoms in total. The van der Waals surface area contributed by atoms with Crippen LogP contribution in [0.2, 0.25) is 0 Å². The van der Waals surface area contributed by atoms with Crippen LogP contribution in [0, 0.1) is 0 Å². The number of rotatable bonds is 3. The standard InChI is InChI=1S/C16H22N4S/c1-16(2,3)19-9-11-5-4-6-13-14(11)20-15(21-13)12-10-17-7-8-18-12/h7-8,10-11,19H,4-6,9H2,1-3H3. The molecular weight excluding hydrogens is 280 g/mol. The Morgan fingerprint density at radius 2 is 2.19 bits per heavy atom. The van der Waals surface area contributed by atoms with Crippen LogP contribution in [-0.2, 0) is 6.42 Å². The van der Waals surface area contributed by atoms with Gasteiger partial charge in [0.1, 0.15) is 10.7 Å². The van der Waals surface area contributed by atoms with Gasteiger partial charge in [0.2, 0.25) is 0 Å². The third-order valence-corrected chi connectivity index (χ3v) is 4.89. The zero-order chi connectivity index (χ0) is 14.9. The predicted octanol–water partition coefficient (Wildman–Crippen LogP) is 3.41. The van der Waals surface area contributed by atoms with Crippen LogP contribution in [0.15, 0.2) is 18.6 Å². The second kappa shape index (κ2) is 5.81. The summed E-state index contributed by atoms with van der Waals surface area (Å²) in [5.74, 6) is 0.523. The van der Waals surface area contributed by atoms with Crippen LogP contribution in [0.4, 0.5) is 0 Å². The molecule has 21 heavy (non-hydrogen) atoms. The van der Waals surface area contributed by atoms with E-state index in [1.54, 1.807) is 29.9 Å². The largest absolute Gasteiger partial charge is 0.311 e. The van der Waals surface area contributed by atoms with Gasteiger partial charge < -0.3 is 5.32 Å². The number of nitrogens with one attached hydrogen (secondary N) is 1. The number of hydrogen-bond donors (Lipinski definition) is 1. The summed E-state index contributed by atoms with van der Waals surface area (Å²) < 4.78 is 0. The molecule has 0 bridgehead atoms. The Labute approximate surface area is 130 Å². The number of aromatic nitrogens is 3.